The van der Waals surface area contributed by atoms with Crippen LogP contribution in [0.25, 0.3) is 0 Å². The standard InChI is InChI=1S/C14H25N3O2.ClH/c1-10(15)6-7-16-14(19)11-8-13(18)17(9-11)12-4-2-3-5-12;/h10-12H,2-9,15H2,1H3,(H,16,19);1H. The van der Waals surface area contributed by atoms with Gasteiger partial charge in [-0.1, -0.05) is 12.8 Å². The molecule has 0 spiro atoms. The lowest BCUT2D eigenvalue weighted by Gasteiger charge is -2.23. The van der Waals surface area contributed by atoms with Crippen molar-refractivity contribution in [2.75, 3.05) is 13.1 Å². The predicted molar refractivity (Wildman–Crippen MR) is 80.6 cm³/mol. The molecule has 0 aromatic rings. The van der Waals surface area contributed by atoms with E-state index in [2.05, 4.69) is 5.32 Å². The maximum Gasteiger partial charge on any atom is 0.225 e. The summed E-state index contributed by atoms with van der Waals surface area (Å²) in [6, 6.07) is 0.481. The SMILES string of the molecule is CC(N)CCNC(=O)C1CC(=O)N(C2CCCC2)C1.Cl. The summed E-state index contributed by atoms with van der Waals surface area (Å²) in [5, 5.41) is 2.89. The topological polar surface area (TPSA) is 75.4 Å². The van der Waals surface area contributed by atoms with Crippen LogP contribution >= 0.6 is 12.4 Å². The van der Waals surface area contributed by atoms with Crippen LogP contribution in [0.5, 0.6) is 0 Å². The van der Waals surface area contributed by atoms with Crippen LogP contribution in [-0.4, -0.2) is 41.9 Å². The van der Waals surface area contributed by atoms with Crippen LogP contribution in [0.15, 0.2) is 0 Å². The van der Waals surface area contributed by atoms with Gasteiger partial charge in [0.05, 0.1) is 5.92 Å². The highest BCUT2D eigenvalue weighted by atomic mass is 35.5. The van der Waals surface area contributed by atoms with E-state index in [1.54, 1.807) is 0 Å². The second kappa shape index (κ2) is 7.84. The molecular formula is C14H26ClN3O2. The molecule has 1 saturated carbocycles. The highest BCUT2D eigenvalue weighted by Gasteiger charge is 2.38. The Kier molecular flexibility index (Phi) is 6.76. The van der Waals surface area contributed by atoms with Gasteiger partial charge >= 0.3 is 0 Å². The van der Waals surface area contributed by atoms with Crippen LogP contribution in [0, 0.1) is 5.92 Å². The van der Waals surface area contributed by atoms with E-state index in [1.807, 2.05) is 11.8 Å². The maximum atomic E-state index is 12.0. The van der Waals surface area contributed by atoms with E-state index in [0.717, 1.165) is 19.3 Å². The van der Waals surface area contributed by atoms with E-state index in [9.17, 15) is 9.59 Å². The summed E-state index contributed by atoms with van der Waals surface area (Å²) in [6.45, 7) is 3.13. The van der Waals surface area contributed by atoms with Crippen molar-refractivity contribution in [3.8, 4) is 0 Å². The molecule has 1 aliphatic heterocycles. The number of hydrogen-bond acceptors (Lipinski definition) is 3. The lowest BCUT2D eigenvalue weighted by atomic mass is 10.1. The second-order valence-corrected chi connectivity index (χ2v) is 5.94. The average Bonchev–Trinajstić information content (AvgIpc) is 2.96. The minimum absolute atomic E-state index is 0. The quantitative estimate of drug-likeness (QED) is 0.797. The molecule has 2 amide bonds. The Hall–Kier alpha value is -0.810. The third-order valence-corrected chi connectivity index (χ3v) is 4.19. The van der Waals surface area contributed by atoms with Crippen LogP contribution in [0.3, 0.4) is 0 Å². The minimum atomic E-state index is -0.166. The van der Waals surface area contributed by atoms with E-state index in [-0.39, 0.29) is 36.2 Å². The van der Waals surface area contributed by atoms with Gasteiger partial charge < -0.3 is 16.0 Å². The summed E-state index contributed by atoms with van der Waals surface area (Å²) in [5.41, 5.74) is 5.65. The van der Waals surface area contributed by atoms with Crippen molar-refractivity contribution in [2.45, 2.75) is 57.5 Å². The fourth-order valence-electron chi connectivity index (χ4n) is 3.04. The summed E-state index contributed by atoms with van der Waals surface area (Å²) in [5.74, 6) is -0.00470. The average molecular weight is 304 g/mol. The molecule has 3 N–H and O–H groups in total. The Morgan fingerprint density at radius 1 is 1.45 bits per heavy atom. The first-order chi connectivity index (χ1) is 9.08. The van der Waals surface area contributed by atoms with E-state index in [1.165, 1.54) is 12.8 Å². The summed E-state index contributed by atoms with van der Waals surface area (Å²) in [4.78, 5) is 25.9. The monoisotopic (exact) mass is 303 g/mol. The molecule has 2 atom stereocenters. The van der Waals surface area contributed by atoms with Gasteiger partial charge in [0.1, 0.15) is 0 Å². The van der Waals surface area contributed by atoms with Crippen molar-refractivity contribution >= 4 is 24.2 Å². The Bertz CT molecular complexity index is 343. The summed E-state index contributed by atoms with van der Waals surface area (Å²) in [6.07, 6.45) is 5.77. The number of amides is 2. The number of nitrogens with zero attached hydrogens (tertiary/aromatic N) is 1. The predicted octanol–water partition coefficient (Wildman–Crippen LogP) is 1.05. The first-order valence-corrected chi connectivity index (χ1v) is 7.40. The van der Waals surface area contributed by atoms with Crippen LogP contribution in [0.4, 0.5) is 0 Å². The van der Waals surface area contributed by atoms with Gasteiger partial charge in [-0.15, -0.1) is 12.4 Å². The molecule has 20 heavy (non-hydrogen) atoms. The molecule has 0 bridgehead atoms. The fraction of sp³-hybridized carbons (Fsp3) is 0.857. The highest BCUT2D eigenvalue weighted by molar-refractivity contribution is 5.89. The lowest BCUT2D eigenvalue weighted by Crippen LogP contribution is -2.37. The molecule has 6 heteroatoms. The van der Waals surface area contributed by atoms with Crippen molar-refractivity contribution in [1.82, 2.24) is 10.2 Å². The molecular weight excluding hydrogens is 278 g/mol. The number of carbonyl (C=O) groups is 2. The molecule has 0 radical (unpaired) electrons. The zero-order chi connectivity index (χ0) is 13.8. The van der Waals surface area contributed by atoms with Crippen LogP contribution in [0.1, 0.15) is 45.4 Å². The van der Waals surface area contributed by atoms with Gasteiger partial charge in [-0.2, -0.15) is 0 Å². The molecule has 0 aromatic carbocycles. The second-order valence-electron chi connectivity index (χ2n) is 5.94. The molecule has 1 saturated heterocycles. The van der Waals surface area contributed by atoms with Gasteiger partial charge in [-0.25, -0.2) is 0 Å². The van der Waals surface area contributed by atoms with Crippen molar-refractivity contribution in [3.05, 3.63) is 0 Å². The van der Waals surface area contributed by atoms with Crippen molar-refractivity contribution < 1.29 is 9.59 Å². The van der Waals surface area contributed by atoms with E-state index in [4.69, 9.17) is 5.73 Å². The molecule has 2 unspecified atom stereocenters. The number of nitrogens with one attached hydrogen (secondary N) is 1. The van der Waals surface area contributed by atoms with Gasteiger partial charge in [-0.05, 0) is 26.2 Å². The van der Waals surface area contributed by atoms with E-state index in [0.29, 0.717) is 25.6 Å². The van der Waals surface area contributed by atoms with Crippen LogP contribution in [-0.2, 0) is 9.59 Å². The molecule has 1 aliphatic carbocycles. The van der Waals surface area contributed by atoms with Gasteiger partial charge in [0.15, 0.2) is 0 Å². The molecule has 116 valence electrons. The Morgan fingerprint density at radius 2 is 2.10 bits per heavy atom. The van der Waals surface area contributed by atoms with Crippen molar-refractivity contribution in [2.24, 2.45) is 11.7 Å². The first-order valence-electron chi connectivity index (χ1n) is 7.40. The zero-order valence-electron chi connectivity index (χ0n) is 12.1. The number of hydrogen-bond donors (Lipinski definition) is 2. The first kappa shape index (κ1) is 17.2. The molecule has 2 aliphatic rings. The van der Waals surface area contributed by atoms with Crippen LogP contribution in [0.2, 0.25) is 0 Å². The zero-order valence-corrected chi connectivity index (χ0v) is 13.0. The lowest BCUT2D eigenvalue weighted by molar-refractivity contribution is -0.130. The summed E-state index contributed by atoms with van der Waals surface area (Å²) < 4.78 is 0. The third kappa shape index (κ3) is 4.35. The smallest absolute Gasteiger partial charge is 0.225 e. The number of rotatable bonds is 5. The van der Waals surface area contributed by atoms with Gasteiger partial charge in [0, 0.05) is 31.6 Å². The largest absolute Gasteiger partial charge is 0.356 e. The maximum absolute atomic E-state index is 12.0. The number of nitrogens with two attached hydrogens (primary N) is 1. The molecule has 5 nitrogen and oxygen atoms in total. The highest BCUT2D eigenvalue weighted by Crippen LogP contribution is 2.29. The number of carbonyl (C=O) groups excluding carboxylic acids is 2. The summed E-state index contributed by atoms with van der Waals surface area (Å²) in [7, 11) is 0. The third-order valence-electron chi connectivity index (χ3n) is 4.19. The van der Waals surface area contributed by atoms with Crippen LogP contribution < -0.4 is 11.1 Å². The van der Waals surface area contributed by atoms with Gasteiger partial charge in [0.25, 0.3) is 0 Å². The van der Waals surface area contributed by atoms with Gasteiger partial charge in [-0.3, -0.25) is 9.59 Å². The van der Waals surface area contributed by atoms with Gasteiger partial charge in [0.2, 0.25) is 11.8 Å². The molecule has 1 heterocycles. The minimum Gasteiger partial charge on any atom is -0.356 e. The Labute approximate surface area is 127 Å². The van der Waals surface area contributed by atoms with Crippen molar-refractivity contribution in [3.63, 3.8) is 0 Å². The number of likely N-dealkylation sites (tertiary alicyclic amines) is 1. The Balaban J connectivity index is 0.00000200. The Morgan fingerprint density at radius 3 is 2.70 bits per heavy atom. The van der Waals surface area contributed by atoms with Crippen molar-refractivity contribution in [1.29, 1.82) is 0 Å². The molecule has 0 aromatic heterocycles. The fourth-order valence-corrected chi connectivity index (χ4v) is 3.04. The summed E-state index contributed by atoms with van der Waals surface area (Å²) >= 11 is 0. The van der Waals surface area contributed by atoms with E-state index >= 15 is 0 Å². The number of halogens is 1. The molecule has 2 rings (SSSR count). The molecule has 2 fully saturated rings. The normalized spacial score (nSPS) is 24.6. The van der Waals surface area contributed by atoms with E-state index < -0.39 is 0 Å².